The Bertz CT molecular complexity index is 869. The first-order valence-corrected chi connectivity index (χ1v) is 11.7. The normalized spacial score (nSPS) is 18.3. The van der Waals surface area contributed by atoms with Crippen molar-refractivity contribution >= 4 is 47.0 Å². The lowest BCUT2D eigenvalue weighted by Gasteiger charge is -2.32. The summed E-state index contributed by atoms with van der Waals surface area (Å²) in [6.07, 6.45) is 5.30. The molecule has 174 valence electrons. The van der Waals surface area contributed by atoms with Crippen LogP contribution < -0.4 is 0 Å². The number of halogens is 2. The molecule has 0 saturated carbocycles. The first-order valence-electron chi connectivity index (χ1n) is 11.0. The zero-order valence-corrected chi connectivity index (χ0v) is 19.5. The first kappa shape index (κ1) is 24.6. The summed E-state index contributed by atoms with van der Waals surface area (Å²) in [6, 6.07) is 5.13. The third-order valence-corrected chi connectivity index (χ3v) is 6.82. The molecule has 2 fully saturated rings. The Morgan fingerprint density at radius 3 is 2.47 bits per heavy atom. The molecule has 1 aromatic rings. The number of rotatable bonds is 6. The van der Waals surface area contributed by atoms with Gasteiger partial charge in [-0.2, -0.15) is 0 Å². The van der Waals surface area contributed by atoms with Crippen molar-refractivity contribution in [3.05, 3.63) is 39.9 Å². The van der Waals surface area contributed by atoms with E-state index in [2.05, 4.69) is 0 Å². The molecule has 0 aliphatic carbocycles. The Labute approximate surface area is 198 Å². The van der Waals surface area contributed by atoms with Crippen molar-refractivity contribution in [1.82, 2.24) is 14.7 Å². The topological polar surface area (TPSA) is 81.2 Å². The highest BCUT2D eigenvalue weighted by Gasteiger charge is 2.26. The van der Waals surface area contributed by atoms with Gasteiger partial charge in [-0.1, -0.05) is 29.3 Å². The van der Waals surface area contributed by atoms with Gasteiger partial charge >= 0.3 is 0 Å². The number of amides is 3. The number of carbonyl (C=O) groups is 3. The molecule has 0 unspecified atom stereocenters. The van der Waals surface area contributed by atoms with E-state index >= 15 is 0 Å². The molecule has 0 spiro atoms. The van der Waals surface area contributed by atoms with E-state index in [1.807, 2.05) is 4.90 Å². The summed E-state index contributed by atoms with van der Waals surface area (Å²) >= 11 is 11.9. The molecule has 0 radical (unpaired) electrons. The van der Waals surface area contributed by atoms with E-state index in [-0.39, 0.29) is 43.1 Å². The van der Waals surface area contributed by atoms with Gasteiger partial charge in [0.15, 0.2) is 0 Å². The Morgan fingerprint density at radius 1 is 1.03 bits per heavy atom. The van der Waals surface area contributed by atoms with Gasteiger partial charge in [-0.3, -0.25) is 14.4 Å². The van der Waals surface area contributed by atoms with Gasteiger partial charge in [0, 0.05) is 64.8 Å². The quantitative estimate of drug-likeness (QED) is 0.633. The van der Waals surface area contributed by atoms with Crippen molar-refractivity contribution < 1.29 is 19.5 Å². The van der Waals surface area contributed by atoms with Gasteiger partial charge in [-0.05, 0) is 42.5 Å². The molecule has 2 saturated heterocycles. The molecule has 3 rings (SSSR count). The van der Waals surface area contributed by atoms with Crippen LogP contribution in [-0.4, -0.2) is 83.4 Å². The van der Waals surface area contributed by atoms with E-state index < -0.39 is 0 Å². The van der Waals surface area contributed by atoms with Crippen LogP contribution in [0.5, 0.6) is 0 Å². The zero-order valence-electron chi connectivity index (χ0n) is 18.0. The molecule has 2 heterocycles. The lowest BCUT2D eigenvalue weighted by atomic mass is 9.98. The Morgan fingerprint density at radius 2 is 1.78 bits per heavy atom. The maximum atomic E-state index is 12.6. The predicted octanol–water partition coefficient (Wildman–Crippen LogP) is 2.69. The highest BCUT2D eigenvalue weighted by Crippen LogP contribution is 2.23. The fraction of sp³-hybridized carbons (Fsp3) is 0.522. The molecule has 1 aromatic carbocycles. The monoisotopic (exact) mass is 481 g/mol. The van der Waals surface area contributed by atoms with Gasteiger partial charge in [0.05, 0.1) is 10.0 Å². The van der Waals surface area contributed by atoms with Crippen LogP contribution in [0.25, 0.3) is 6.08 Å². The maximum Gasteiger partial charge on any atom is 0.246 e. The summed E-state index contributed by atoms with van der Waals surface area (Å²) in [6.45, 7) is 3.03. The highest BCUT2D eigenvalue weighted by molar-refractivity contribution is 6.42. The molecule has 0 bridgehead atoms. The number of piperidine rings is 1. The fourth-order valence-electron chi connectivity index (χ4n) is 3.97. The smallest absolute Gasteiger partial charge is 0.246 e. The van der Waals surface area contributed by atoms with Crippen LogP contribution in [0.4, 0.5) is 0 Å². The largest absolute Gasteiger partial charge is 0.396 e. The number of benzene rings is 1. The second-order valence-corrected chi connectivity index (χ2v) is 9.03. The summed E-state index contributed by atoms with van der Waals surface area (Å²) < 4.78 is 0. The molecular formula is C23H29Cl2N3O4. The summed E-state index contributed by atoms with van der Waals surface area (Å²) in [5.41, 5.74) is 0.766. The van der Waals surface area contributed by atoms with E-state index in [1.54, 1.807) is 34.1 Å². The highest BCUT2D eigenvalue weighted by atomic mass is 35.5. The number of aliphatic hydroxyl groups is 1. The molecule has 9 heteroatoms. The van der Waals surface area contributed by atoms with Crippen LogP contribution in [0.3, 0.4) is 0 Å². The number of nitrogens with zero attached hydrogens (tertiary/aromatic N) is 3. The van der Waals surface area contributed by atoms with Gasteiger partial charge in [-0.25, -0.2) is 0 Å². The van der Waals surface area contributed by atoms with Crippen LogP contribution in [0.15, 0.2) is 24.3 Å². The van der Waals surface area contributed by atoms with Crippen LogP contribution >= 0.6 is 23.2 Å². The Kier molecular flexibility index (Phi) is 8.96. The third kappa shape index (κ3) is 6.70. The van der Waals surface area contributed by atoms with Crippen molar-refractivity contribution in [2.45, 2.75) is 25.7 Å². The average Bonchev–Trinajstić information content (AvgIpc) is 2.99. The van der Waals surface area contributed by atoms with Gasteiger partial charge in [0.1, 0.15) is 0 Å². The third-order valence-electron chi connectivity index (χ3n) is 6.08. The van der Waals surface area contributed by atoms with E-state index in [0.29, 0.717) is 49.3 Å². The lowest BCUT2D eigenvalue weighted by molar-refractivity contribution is -0.135. The van der Waals surface area contributed by atoms with Crippen LogP contribution in [0.1, 0.15) is 31.2 Å². The standard InChI is InChI=1S/C23H29Cl2N3O4/c24-19-3-1-17(15-20(19)25)2-4-21(30)27-11-8-23(32)28(14-13-27)12-7-22(31)26-9-5-18(16-29)6-10-26/h1-4,15,18,29H,5-14,16H2/b4-2+. The van der Waals surface area contributed by atoms with E-state index in [0.717, 1.165) is 18.4 Å². The van der Waals surface area contributed by atoms with E-state index in [1.165, 1.54) is 6.08 Å². The predicted molar refractivity (Wildman–Crippen MR) is 124 cm³/mol. The second-order valence-electron chi connectivity index (χ2n) is 8.22. The van der Waals surface area contributed by atoms with Gasteiger partial charge in [0.2, 0.25) is 17.7 Å². The Balaban J connectivity index is 1.47. The molecule has 1 N–H and O–H groups in total. The summed E-state index contributed by atoms with van der Waals surface area (Å²) in [5.74, 6) is 0.102. The van der Waals surface area contributed by atoms with Crippen LogP contribution in [0, 0.1) is 5.92 Å². The van der Waals surface area contributed by atoms with Crippen molar-refractivity contribution in [3.63, 3.8) is 0 Å². The number of hydrogen-bond donors (Lipinski definition) is 1. The van der Waals surface area contributed by atoms with Gasteiger partial charge in [0.25, 0.3) is 0 Å². The van der Waals surface area contributed by atoms with E-state index in [9.17, 15) is 19.5 Å². The summed E-state index contributed by atoms with van der Waals surface area (Å²) in [7, 11) is 0. The van der Waals surface area contributed by atoms with E-state index in [4.69, 9.17) is 23.2 Å². The van der Waals surface area contributed by atoms with Gasteiger partial charge < -0.3 is 19.8 Å². The molecule has 0 atom stereocenters. The second kappa shape index (κ2) is 11.7. The molecule has 32 heavy (non-hydrogen) atoms. The maximum absolute atomic E-state index is 12.6. The van der Waals surface area contributed by atoms with Crippen molar-refractivity contribution in [1.29, 1.82) is 0 Å². The molecule has 7 nitrogen and oxygen atoms in total. The number of aliphatic hydroxyl groups excluding tert-OH is 1. The Hall–Kier alpha value is -2.09. The molecule has 2 aliphatic heterocycles. The molecule has 3 amide bonds. The minimum Gasteiger partial charge on any atom is -0.396 e. The first-order chi connectivity index (χ1) is 15.4. The number of carbonyl (C=O) groups excluding carboxylic acids is 3. The fourth-order valence-corrected chi connectivity index (χ4v) is 4.27. The van der Waals surface area contributed by atoms with Gasteiger partial charge in [-0.15, -0.1) is 0 Å². The molecule has 2 aliphatic rings. The van der Waals surface area contributed by atoms with Crippen molar-refractivity contribution in [2.75, 3.05) is 45.9 Å². The minimum absolute atomic E-state index is 0.0379. The number of hydrogen-bond acceptors (Lipinski definition) is 4. The zero-order chi connectivity index (χ0) is 23.1. The van der Waals surface area contributed by atoms with Crippen molar-refractivity contribution in [2.24, 2.45) is 5.92 Å². The van der Waals surface area contributed by atoms with Crippen LogP contribution in [-0.2, 0) is 14.4 Å². The average molecular weight is 482 g/mol. The lowest BCUT2D eigenvalue weighted by Crippen LogP contribution is -2.42. The molecular weight excluding hydrogens is 453 g/mol. The SMILES string of the molecule is O=C(/C=C/c1ccc(Cl)c(Cl)c1)N1CCC(=O)N(CCC(=O)N2CCC(CO)CC2)CC1. The molecule has 0 aromatic heterocycles. The summed E-state index contributed by atoms with van der Waals surface area (Å²) in [5, 5.41) is 10.1. The number of likely N-dealkylation sites (tertiary alicyclic amines) is 1. The minimum atomic E-state index is -0.173. The van der Waals surface area contributed by atoms with Crippen LogP contribution in [0.2, 0.25) is 10.0 Å². The van der Waals surface area contributed by atoms with Crippen molar-refractivity contribution in [3.8, 4) is 0 Å². The summed E-state index contributed by atoms with van der Waals surface area (Å²) in [4.78, 5) is 42.7.